The van der Waals surface area contributed by atoms with Crippen LogP contribution in [0, 0.1) is 0 Å². The zero-order chi connectivity index (χ0) is 17.7. The summed E-state index contributed by atoms with van der Waals surface area (Å²) in [6.07, 6.45) is 1.25. The van der Waals surface area contributed by atoms with Gasteiger partial charge in [0.15, 0.2) is 4.91 Å². The lowest BCUT2D eigenvalue weighted by atomic mass is 10.2. The number of carbonyl (C=O) groups is 1. The molecule has 0 aliphatic rings. The fourth-order valence-electron chi connectivity index (χ4n) is 1.94. The smallest absolute Gasteiger partial charge is 0.349 e. The topological polar surface area (TPSA) is 69.7 Å². The quantitative estimate of drug-likeness (QED) is 0.599. The minimum absolute atomic E-state index is 0.0334. The van der Waals surface area contributed by atoms with E-state index in [1.807, 2.05) is 0 Å². The molecule has 0 saturated heterocycles. The van der Waals surface area contributed by atoms with Gasteiger partial charge in [0.25, 0.3) is 0 Å². The second kappa shape index (κ2) is 7.51. The molecule has 2 rings (SSSR count). The van der Waals surface area contributed by atoms with E-state index in [9.17, 15) is 13.2 Å². The third kappa shape index (κ3) is 3.96. The van der Waals surface area contributed by atoms with Gasteiger partial charge in [0.05, 0.1) is 19.1 Å². The lowest BCUT2D eigenvalue weighted by Gasteiger charge is -2.09. The highest BCUT2D eigenvalue weighted by molar-refractivity contribution is 7.96. The number of rotatable bonds is 5. The van der Waals surface area contributed by atoms with Crippen LogP contribution in [0.5, 0.6) is 5.75 Å². The molecule has 0 aromatic heterocycles. The number of sulfone groups is 1. The van der Waals surface area contributed by atoms with Crippen LogP contribution >= 0.6 is 11.6 Å². The van der Waals surface area contributed by atoms with Gasteiger partial charge in [-0.05, 0) is 48.0 Å². The van der Waals surface area contributed by atoms with E-state index in [0.717, 1.165) is 7.11 Å². The molecule has 0 amide bonds. The summed E-state index contributed by atoms with van der Waals surface area (Å²) in [7, 11) is -1.45. The molecule has 0 fully saturated rings. The Morgan fingerprint density at radius 2 is 1.58 bits per heavy atom. The van der Waals surface area contributed by atoms with Crippen LogP contribution in [0.15, 0.2) is 58.3 Å². The third-order valence-corrected chi connectivity index (χ3v) is 5.22. The van der Waals surface area contributed by atoms with Gasteiger partial charge in [0.1, 0.15) is 5.75 Å². The van der Waals surface area contributed by atoms with Crippen LogP contribution in [0.4, 0.5) is 0 Å². The molecule has 0 aliphatic carbocycles. The first kappa shape index (κ1) is 18.0. The molecular formula is C17H15ClO5S. The Kier molecular flexibility index (Phi) is 5.64. The molecule has 0 aliphatic heterocycles. The van der Waals surface area contributed by atoms with Crippen LogP contribution in [-0.2, 0) is 19.4 Å². The van der Waals surface area contributed by atoms with E-state index >= 15 is 0 Å². The van der Waals surface area contributed by atoms with Gasteiger partial charge >= 0.3 is 5.97 Å². The molecule has 0 atom stereocenters. The van der Waals surface area contributed by atoms with Crippen LogP contribution in [0.3, 0.4) is 0 Å². The monoisotopic (exact) mass is 366 g/mol. The SMILES string of the molecule is COC(=O)/C(=C/c1ccc(Cl)cc1)S(=O)(=O)c1ccc(OC)cc1. The molecule has 126 valence electrons. The molecule has 0 heterocycles. The van der Waals surface area contributed by atoms with Crippen molar-refractivity contribution in [1.29, 1.82) is 0 Å². The van der Waals surface area contributed by atoms with E-state index < -0.39 is 20.7 Å². The summed E-state index contributed by atoms with van der Waals surface area (Å²) in [4.78, 5) is 11.5. The molecule has 0 saturated carbocycles. The first-order valence-electron chi connectivity index (χ1n) is 6.83. The number of hydrogen-bond donors (Lipinski definition) is 0. The van der Waals surface area contributed by atoms with E-state index in [0.29, 0.717) is 16.3 Å². The fraction of sp³-hybridized carbons (Fsp3) is 0.118. The highest BCUT2D eigenvalue weighted by Crippen LogP contribution is 2.25. The zero-order valence-corrected chi connectivity index (χ0v) is 14.6. The summed E-state index contributed by atoms with van der Waals surface area (Å²) < 4.78 is 35.2. The van der Waals surface area contributed by atoms with Crippen molar-refractivity contribution in [2.24, 2.45) is 0 Å². The van der Waals surface area contributed by atoms with Gasteiger partial charge < -0.3 is 9.47 Å². The highest BCUT2D eigenvalue weighted by Gasteiger charge is 2.28. The van der Waals surface area contributed by atoms with E-state index in [4.69, 9.17) is 16.3 Å². The number of methoxy groups -OCH3 is 2. The van der Waals surface area contributed by atoms with Crippen molar-refractivity contribution in [2.45, 2.75) is 4.90 Å². The number of esters is 1. The minimum atomic E-state index is -4.05. The van der Waals surface area contributed by atoms with Crippen molar-refractivity contribution in [3.05, 3.63) is 64.0 Å². The average molecular weight is 367 g/mol. The number of ether oxygens (including phenoxy) is 2. The molecule has 0 N–H and O–H groups in total. The predicted molar refractivity (Wildman–Crippen MR) is 91.6 cm³/mol. The van der Waals surface area contributed by atoms with Gasteiger partial charge in [-0.25, -0.2) is 13.2 Å². The van der Waals surface area contributed by atoms with E-state index in [-0.39, 0.29) is 4.90 Å². The molecule has 24 heavy (non-hydrogen) atoms. The van der Waals surface area contributed by atoms with Crippen molar-refractivity contribution >= 4 is 33.5 Å². The lowest BCUT2D eigenvalue weighted by Crippen LogP contribution is -2.15. The van der Waals surface area contributed by atoms with E-state index in [2.05, 4.69) is 4.74 Å². The summed E-state index contributed by atoms with van der Waals surface area (Å²) in [5.41, 5.74) is 0.511. The second-order valence-electron chi connectivity index (χ2n) is 4.73. The van der Waals surface area contributed by atoms with Crippen LogP contribution in [0.25, 0.3) is 6.08 Å². The molecule has 2 aromatic rings. The Morgan fingerprint density at radius 3 is 2.08 bits per heavy atom. The number of halogens is 1. The first-order valence-corrected chi connectivity index (χ1v) is 8.69. The van der Waals surface area contributed by atoms with Crippen molar-refractivity contribution in [3.63, 3.8) is 0 Å². The normalized spacial score (nSPS) is 11.9. The Balaban J connectivity index is 2.53. The van der Waals surface area contributed by atoms with Gasteiger partial charge in [-0.2, -0.15) is 0 Å². The Morgan fingerprint density at radius 1 is 1.00 bits per heavy atom. The standard InChI is InChI=1S/C17H15ClO5S/c1-22-14-7-9-15(10-8-14)24(20,21)16(17(19)23-2)11-12-3-5-13(18)6-4-12/h3-11H,1-2H3/b16-11-. The van der Waals surface area contributed by atoms with Crippen LogP contribution in [-0.4, -0.2) is 28.6 Å². The number of carbonyl (C=O) groups excluding carboxylic acids is 1. The van der Waals surface area contributed by atoms with Gasteiger partial charge in [0.2, 0.25) is 9.84 Å². The van der Waals surface area contributed by atoms with Crippen LogP contribution in [0.1, 0.15) is 5.56 Å². The van der Waals surface area contributed by atoms with Crippen LogP contribution < -0.4 is 4.74 Å². The molecule has 0 spiro atoms. The number of benzene rings is 2. The van der Waals surface area contributed by atoms with Crippen LogP contribution in [0.2, 0.25) is 5.02 Å². The Hall–Kier alpha value is -2.31. The van der Waals surface area contributed by atoms with Gasteiger partial charge in [0, 0.05) is 5.02 Å². The third-order valence-electron chi connectivity index (χ3n) is 3.21. The largest absolute Gasteiger partial charge is 0.497 e. The summed E-state index contributed by atoms with van der Waals surface area (Å²) in [6, 6.07) is 12.2. The molecule has 2 aromatic carbocycles. The molecule has 5 nitrogen and oxygen atoms in total. The van der Waals surface area contributed by atoms with Crippen molar-refractivity contribution in [2.75, 3.05) is 14.2 Å². The van der Waals surface area contributed by atoms with Crippen molar-refractivity contribution in [1.82, 2.24) is 0 Å². The second-order valence-corrected chi connectivity index (χ2v) is 7.09. The summed E-state index contributed by atoms with van der Waals surface area (Å²) >= 11 is 5.81. The van der Waals surface area contributed by atoms with Crippen molar-refractivity contribution < 1.29 is 22.7 Å². The zero-order valence-electron chi connectivity index (χ0n) is 13.0. The lowest BCUT2D eigenvalue weighted by molar-refractivity contribution is -0.135. The average Bonchev–Trinajstić information content (AvgIpc) is 2.60. The Labute approximate surface area is 145 Å². The van der Waals surface area contributed by atoms with E-state index in [1.165, 1.54) is 37.5 Å². The maximum atomic E-state index is 12.8. The number of hydrogen-bond acceptors (Lipinski definition) is 5. The minimum Gasteiger partial charge on any atom is -0.497 e. The van der Waals surface area contributed by atoms with E-state index in [1.54, 1.807) is 24.3 Å². The highest BCUT2D eigenvalue weighted by atomic mass is 35.5. The molecule has 7 heteroatoms. The fourth-order valence-corrected chi connectivity index (χ4v) is 3.41. The molecule has 0 bridgehead atoms. The van der Waals surface area contributed by atoms with Crippen molar-refractivity contribution in [3.8, 4) is 5.75 Å². The van der Waals surface area contributed by atoms with Gasteiger partial charge in [-0.15, -0.1) is 0 Å². The molecule has 0 radical (unpaired) electrons. The summed E-state index contributed by atoms with van der Waals surface area (Å²) in [5.74, 6) is -0.434. The predicted octanol–water partition coefficient (Wildman–Crippen LogP) is 3.34. The maximum absolute atomic E-state index is 12.8. The van der Waals surface area contributed by atoms with Gasteiger partial charge in [-0.3, -0.25) is 0 Å². The molecule has 0 unspecified atom stereocenters. The first-order chi connectivity index (χ1) is 11.4. The maximum Gasteiger partial charge on any atom is 0.349 e. The Bertz CT molecular complexity index is 853. The summed E-state index contributed by atoms with van der Waals surface area (Å²) in [6.45, 7) is 0. The molecular weight excluding hydrogens is 352 g/mol. The summed E-state index contributed by atoms with van der Waals surface area (Å²) in [5, 5.41) is 0.504. The van der Waals surface area contributed by atoms with Gasteiger partial charge in [-0.1, -0.05) is 23.7 Å².